The van der Waals surface area contributed by atoms with E-state index >= 15 is 0 Å². The number of nitrogens with one attached hydrogen (secondary N) is 1. The maximum absolute atomic E-state index is 14.9. The van der Waals surface area contributed by atoms with Gasteiger partial charge in [-0.05, 0) is 37.6 Å². The van der Waals surface area contributed by atoms with Gasteiger partial charge in [-0.2, -0.15) is 0 Å². The van der Waals surface area contributed by atoms with Gasteiger partial charge in [0.15, 0.2) is 0 Å². The third-order valence-electron chi connectivity index (χ3n) is 6.87. The van der Waals surface area contributed by atoms with Crippen molar-refractivity contribution >= 4 is 22.9 Å². The number of aromatic nitrogens is 2. The van der Waals surface area contributed by atoms with Gasteiger partial charge in [0.25, 0.3) is 0 Å². The Balaban J connectivity index is 1.38. The van der Waals surface area contributed by atoms with Crippen LogP contribution in [0.2, 0.25) is 0 Å². The molecule has 6 nitrogen and oxygen atoms in total. The van der Waals surface area contributed by atoms with Crippen LogP contribution in [0.1, 0.15) is 19.2 Å². The highest BCUT2D eigenvalue weighted by Crippen LogP contribution is 2.32. The lowest BCUT2D eigenvalue weighted by Crippen LogP contribution is -2.45. The first kappa shape index (κ1) is 19.7. The highest BCUT2D eigenvalue weighted by atomic mass is 19.1. The number of hydrogen-bond donors (Lipinski definition) is 1. The molecule has 3 aliphatic rings. The predicted octanol–water partition coefficient (Wildman–Crippen LogP) is 2.87. The number of dihydropyridines is 1. The molecule has 0 aliphatic carbocycles. The Kier molecular flexibility index (Phi) is 5.33. The third-order valence-corrected chi connectivity index (χ3v) is 6.87. The number of nitrogens with zero attached hydrogens (tertiary/aromatic N) is 5. The molecule has 5 rings (SSSR count). The number of halogens is 1. The van der Waals surface area contributed by atoms with E-state index in [1.54, 1.807) is 0 Å². The van der Waals surface area contributed by atoms with Crippen molar-refractivity contribution in [1.29, 1.82) is 0 Å². The fraction of sp³-hybridized carbons (Fsp3) is 0.565. The van der Waals surface area contributed by atoms with Crippen LogP contribution in [0.15, 0.2) is 35.3 Å². The Morgan fingerprint density at radius 2 is 2.00 bits per heavy atom. The molecule has 7 heteroatoms. The van der Waals surface area contributed by atoms with Gasteiger partial charge in [0.2, 0.25) is 0 Å². The average Bonchev–Trinajstić information content (AvgIpc) is 3.32. The van der Waals surface area contributed by atoms with E-state index in [-0.39, 0.29) is 18.0 Å². The van der Waals surface area contributed by atoms with Gasteiger partial charge in [0.1, 0.15) is 17.5 Å². The number of H-pyrrole nitrogens is 1. The number of hydrogen-bond acceptors (Lipinski definition) is 5. The lowest BCUT2D eigenvalue weighted by Gasteiger charge is -2.34. The molecule has 2 fully saturated rings. The number of allylic oxidation sites excluding steroid dienone is 1. The molecule has 2 saturated heterocycles. The van der Waals surface area contributed by atoms with Crippen molar-refractivity contribution in [2.24, 2.45) is 10.9 Å². The molecular weight excluding hydrogens is 379 g/mol. The summed E-state index contributed by atoms with van der Waals surface area (Å²) in [5, 5.41) is 0. The van der Waals surface area contributed by atoms with Gasteiger partial charge in [-0.1, -0.05) is 19.1 Å². The number of imidazole rings is 1. The molecule has 0 radical (unpaired) electrons. The standard InChI is InChI=1S/C23H31FN6/c1-16-5-4-9-25-21(16)23-17(24)8-10-30(23)15-20-26-18-6-3-7-19(22(18)27-20)29-13-11-28(2)12-14-29/h3-7,9,16-17,21,23H,8,10-15H2,1-2H3,(H,26,27)/t16?,17-,21?,23+/m0/s1. The van der Waals surface area contributed by atoms with E-state index in [1.165, 1.54) is 5.69 Å². The number of piperazine rings is 1. The van der Waals surface area contributed by atoms with E-state index in [2.05, 4.69) is 62.9 Å². The lowest BCUT2D eigenvalue weighted by molar-refractivity contribution is 0.144. The maximum Gasteiger partial charge on any atom is 0.121 e. The van der Waals surface area contributed by atoms with Crippen molar-refractivity contribution < 1.29 is 4.39 Å². The SMILES string of the molecule is CC1C=CC=NC1[C@H]1[C@@H](F)CCN1Cc1nc2c(N3CCN(C)CC3)cccc2[nH]1. The van der Waals surface area contributed by atoms with E-state index in [1.807, 2.05) is 12.3 Å². The van der Waals surface area contributed by atoms with Gasteiger partial charge in [0, 0.05) is 38.9 Å². The second-order valence-electron chi connectivity index (χ2n) is 8.95. The van der Waals surface area contributed by atoms with Crippen LogP contribution in [0, 0.1) is 5.92 Å². The summed E-state index contributed by atoms with van der Waals surface area (Å²) in [5.74, 6) is 1.16. The van der Waals surface area contributed by atoms with Crippen LogP contribution in [0.4, 0.5) is 10.1 Å². The van der Waals surface area contributed by atoms with Gasteiger partial charge in [-0.15, -0.1) is 0 Å². The van der Waals surface area contributed by atoms with Gasteiger partial charge in [-0.25, -0.2) is 9.37 Å². The molecule has 1 aromatic carbocycles. The first-order valence-electron chi connectivity index (χ1n) is 11.1. The topological polar surface area (TPSA) is 50.8 Å². The van der Waals surface area contributed by atoms with E-state index in [0.717, 1.165) is 49.6 Å². The molecule has 1 aromatic heterocycles. The fourth-order valence-electron chi connectivity index (χ4n) is 5.11. The van der Waals surface area contributed by atoms with Gasteiger partial charge < -0.3 is 14.8 Å². The third kappa shape index (κ3) is 3.65. The molecule has 3 aliphatic heterocycles. The van der Waals surface area contributed by atoms with E-state index in [9.17, 15) is 4.39 Å². The van der Waals surface area contributed by atoms with Crippen molar-refractivity contribution in [2.75, 3.05) is 44.7 Å². The molecule has 160 valence electrons. The summed E-state index contributed by atoms with van der Waals surface area (Å²) < 4.78 is 14.9. The number of benzene rings is 1. The molecule has 1 N–H and O–H groups in total. The molecular formula is C23H31FN6. The van der Waals surface area contributed by atoms with E-state index < -0.39 is 6.17 Å². The number of aromatic amines is 1. The zero-order valence-electron chi connectivity index (χ0n) is 17.8. The molecule has 0 saturated carbocycles. The Bertz CT molecular complexity index is 944. The highest BCUT2D eigenvalue weighted by molar-refractivity contribution is 5.89. The van der Waals surface area contributed by atoms with Crippen LogP contribution < -0.4 is 4.90 Å². The molecule has 2 aromatic rings. The summed E-state index contributed by atoms with van der Waals surface area (Å²) in [6.45, 7) is 7.66. The first-order valence-corrected chi connectivity index (χ1v) is 11.1. The monoisotopic (exact) mass is 410 g/mol. The number of aliphatic imine (C=N–C) groups is 1. The van der Waals surface area contributed by atoms with E-state index in [4.69, 9.17) is 4.98 Å². The van der Waals surface area contributed by atoms with Crippen molar-refractivity contribution in [2.45, 2.75) is 38.1 Å². The zero-order chi connectivity index (χ0) is 20.7. The van der Waals surface area contributed by atoms with Crippen molar-refractivity contribution in [3.63, 3.8) is 0 Å². The second kappa shape index (κ2) is 8.12. The van der Waals surface area contributed by atoms with Gasteiger partial charge >= 0.3 is 0 Å². The number of alkyl halides is 1. The number of anilines is 1. The molecule has 4 heterocycles. The van der Waals surface area contributed by atoms with Crippen molar-refractivity contribution in [3.05, 3.63) is 36.2 Å². The Labute approximate surface area is 177 Å². The largest absolute Gasteiger partial charge is 0.367 e. The summed E-state index contributed by atoms with van der Waals surface area (Å²) in [7, 11) is 2.17. The summed E-state index contributed by atoms with van der Waals surface area (Å²) in [5.41, 5.74) is 3.28. The number of rotatable bonds is 4. The molecule has 0 bridgehead atoms. The van der Waals surface area contributed by atoms with Crippen LogP contribution in [0.3, 0.4) is 0 Å². The average molecular weight is 411 g/mol. The number of likely N-dealkylation sites (tertiary alicyclic amines) is 1. The normalized spacial score (nSPS) is 30.6. The Morgan fingerprint density at radius 1 is 1.17 bits per heavy atom. The number of likely N-dealkylation sites (N-methyl/N-ethyl adjacent to an activating group) is 1. The minimum absolute atomic E-state index is 0.0298. The smallest absolute Gasteiger partial charge is 0.121 e. The predicted molar refractivity (Wildman–Crippen MR) is 120 cm³/mol. The number of para-hydroxylation sites is 1. The summed E-state index contributed by atoms with van der Waals surface area (Å²) in [6, 6.07) is 6.13. The summed E-state index contributed by atoms with van der Waals surface area (Å²) in [6.07, 6.45) is 5.64. The summed E-state index contributed by atoms with van der Waals surface area (Å²) >= 11 is 0. The lowest BCUT2D eigenvalue weighted by atomic mass is 9.91. The summed E-state index contributed by atoms with van der Waals surface area (Å²) in [4.78, 5) is 20.1. The molecule has 0 spiro atoms. The molecule has 0 amide bonds. The van der Waals surface area contributed by atoms with Crippen molar-refractivity contribution in [1.82, 2.24) is 19.8 Å². The number of fused-ring (bicyclic) bond motifs is 1. The minimum atomic E-state index is -0.841. The van der Waals surface area contributed by atoms with E-state index in [0.29, 0.717) is 13.0 Å². The van der Waals surface area contributed by atoms with Gasteiger partial charge in [0.05, 0.1) is 29.8 Å². The Morgan fingerprint density at radius 3 is 2.80 bits per heavy atom. The van der Waals surface area contributed by atoms with Gasteiger partial charge in [-0.3, -0.25) is 9.89 Å². The Hall–Kier alpha value is -2.25. The van der Waals surface area contributed by atoms with Crippen LogP contribution in [0.25, 0.3) is 11.0 Å². The van der Waals surface area contributed by atoms with Crippen LogP contribution in [-0.4, -0.2) is 84.0 Å². The highest BCUT2D eigenvalue weighted by Gasteiger charge is 2.42. The quantitative estimate of drug-likeness (QED) is 0.842. The molecule has 30 heavy (non-hydrogen) atoms. The minimum Gasteiger partial charge on any atom is -0.367 e. The van der Waals surface area contributed by atoms with Crippen LogP contribution in [0.5, 0.6) is 0 Å². The molecule has 2 unspecified atom stereocenters. The second-order valence-corrected chi connectivity index (χ2v) is 8.95. The fourth-order valence-corrected chi connectivity index (χ4v) is 5.11. The first-order chi connectivity index (χ1) is 14.6. The molecule has 4 atom stereocenters. The van der Waals surface area contributed by atoms with Crippen molar-refractivity contribution in [3.8, 4) is 0 Å². The van der Waals surface area contributed by atoms with Crippen LogP contribution in [-0.2, 0) is 6.54 Å². The zero-order valence-corrected chi connectivity index (χ0v) is 17.8. The maximum atomic E-state index is 14.9. The van der Waals surface area contributed by atoms with Crippen LogP contribution >= 0.6 is 0 Å².